The molecular formula is C15H13FO2. The van der Waals surface area contributed by atoms with E-state index in [0.29, 0.717) is 5.56 Å². The molecule has 0 heterocycles. The van der Waals surface area contributed by atoms with E-state index in [1.165, 1.54) is 6.07 Å². The molecule has 18 heavy (non-hydrogen) atoms. The monoisotopic (exact) mass is 244 g/mol. The van der Waals surface area contributed by atoms with E-state index in [0.717, 1.165) is 5.56 Å². The van der Waals surface area contributed by atoms with Crippen molar-refractivity contribution in [1.29, 1.82) is 0 Å². The van der Waals surface area contributed by atoms with Gasteiger partial charge in [0.1, 0.15) is 11.6 Å². The fraction of sp³-hybridized carbons (Fsp3) is 0.133. The van der Waals surface area contributed by atoms with Crippen LogP contribution in [-0.2, 0) is 4.79 Å². The molecule has 3 heteroatoms. The number of hydrogen-bond donors (Lipinski definition) is 0. The molecule has 0 fully saturated rings. The van der Waals surface area contributed by atoms with E-state index in [4.69, 9.17) is 4.74 Å². The number of hydrogen-bond acceptors (Lipinski definition) is 2. The van der Waals surface area contributed by atoms with E-state index in [-0.39, 0.29) is 18.1 Å². The number of rotatable bonds is 3. The third kappa shape index (κ3) is 2.74. The van der Waals surface area contributed by atoms with Gasteiger partial charge in [-0.05, 0) is 17.7 Å². The highest BCUT2D eigenvalue weighted by molar-refractivity contribution is 5.72. The van der Waals surface area contributed by atoms with Crippen molar-refractivity contribution in [3.8, 4) is 16.9 Å². The maximum absolute atomic E-state index is 13.9. The van der Waals surface area contributed by atoms with Crippen LogP contribution < -0.4 is 4.74 Å². The second-order valence-corrected chi connectivity index (χ2v) is 3.84. The Morgan fingerprint density at radius 3 is 2.50 bits per heavy atom. The van der Waals surface area contributed by atoms with E-state index in [1.54, 1.807) is 19.1 Å². The molecule has 0 bridgehead atoms. The zero-order chi connectivity index (χ0) is 13.0. The summed E-state index contributed by atoms with van der Waals surface area (Å²) in [5, 5.41) is 0. The number of carbonyl (C=O) groups excluding carboxylic acids is 1. The quantitative estimate of drug-likeness (QED) is 0.606. The molecule has 2 aromatic rings. The van der Waals surface area contributed by atoms with Crippen LogP contribution in [0.1, 0.15) is 13.3 Å². The molecule has 2 aromatic carbocycles. The van der Waals surface area contributed by atoms with Crippen molar-refractivity contribution < 1.29 is 13.9 Å². The molecule has 0 N–H and O–H groups in total. The second kappa shape index (κ2) is 5.45. The first-order chi connectivity index (χ1) is 8.70. The maximum atomic E-state index is 13.9. The summed E-state index contributed by atoms with van der Waals surface area (Å²) < 4.78 is 18.9. The SMILES string of the molecule is CCC(=O)Oc1ccc(-c2ccccc2)c(F)c1. The zero-order valence-electron chi connectivity index (χ0n) is 10.0. The van der Waals surface area contributed by atoms with E-state index < -0.39 is 5.82 Å². The lowest BCUT2D eigenvalue weighted by atomic mass is 10.1. The molecule has 0 aliphatic rings. The summed E-state index contributed by atoms with van der Waals surface area (Å²) in [6, 6.07) is 13.7. The average molecular weight is 244 g/mol. The first kappa shape index (κ1) is 12.3. The molecule has 0 spiro atoms. The van der Waals surface area contributed by atoms with Gasteiger partial charge in [-0.2, -0.15) is 0 Å². The van der Waals surface area contributed by atoms with Crippen molar-refractivity contribution in [2.75, 3.05) is 0 Å². The van der Waals surface area contributed by atoms with Crippen LogP contribution in [0.15, 0.2) is 48.5 Å². The Kier molecular flexibility index (Phi) is 3.72. The summed E-state index contributed by atoms with van der Waals surface area (Å²) in [5.74, 6) is -0.538. The van der Waals surface area contributed by atoms with Crippen LogP contribution in [0.25, 0.3) is 11.1 Å². The summed E-state index contributed by atoms with van der Waals surface area (Å²) in [5.41, 5.74) is 1.29. The third-order valence-corrected chi connectivity index (χ3v) is 2.55. The number of esters is 1. The number of ether oxygens (including phenoxy) is 1. The molecular weight excluding hydrogens is 231 g/mol. The molecule has 0 amide bonds. The largest absolute Gasteiger partial charge is 0.426 e. The smallest absolute Gasteiger partial charge is 0.310 e. The highest BCUT2D eigenvalue weighted by atomic mass is 19.1. The molecule has 0 radical (unpaired) electrons. The van der Waals surface area contributed by atoms with Gasteiger partial charge in [0, 0.05) is 18.1 Å². The van der Waals surface area contributed by atoms with Gasteiger partial charge in [-0.1, -0.05) is 37.3 Å². The Morgan fingerprint density at radius 1 is 1.17 bits per heavy atom. The van der Waals surface area contributed by atoms with E-state index in [2.05, 4.69) is 0 Å². The van der Waals surface area contributed by atoms with E-state index in [9.17, 15) is 9.18 Å². The minimum atomic E-state index is -0.400. The molecule has 0 aromatic heterocycles. The molecule has 2 rings (SSSR count). The first-order valence-electron chi connectivity index (χ1n) is 5.76. The number of benzene rings is 2. The average Bonchev–Trinajstić information content (AvgIpc) is 2.40. The summed E-state index contributed by atoms with van der Waals surface area (Å²) in [6.07, 6.45) is 0.266. The number of carbonyl (C=O) groups is 1. The van der Waals surface area contributed by atoms with Gasteiger partial charge in [0.15, 0.2) is 0 Å². The fourth-order valence-corrected chi connectivity index (χ4v) is 1.61. The molecule has 0 unspecified atom stereocenters. The van der Waals surface area contributed by atoms with Gasteiger partial charge in [-0.3, -0.25) is 4.79 Å². The van der Waals surface area contributed by atoms with Crippen molar-refractivity contribution in [2.45, 2.75) is 13.3 Å². The van der Waals surface area contributed by atoms with E-state index in [1.807, 2.05) is 30.3 Å². The summed E-state index contributed by atoms with van der Waals surface area (Å²) >= 11 is 0. The lowest BCUT2D eigenvalue weighted by Gasteiger charge is -2.06. The van der Waals surface area contributed by atoms with Crippen molar-refractivity contribution in [3.63, 3.8) is 0 Å². The standard InChI is InChI=1S/C15H13FO2/c1-2-15(17)18-12-8-9-13(14(16)10-12)11-6-4-3-5-7-11/h3-10H,2H2,1H3. The topological polar surface area (TPSA) is 26.3 Å². The van der Waals surface area contributed by atoms with Gasteiger partial charge in [0.2, 0.25) is 0 Å². The highest BCUT2D eigenvalue weighted by Gasteiger charge is 2.08. The fourth-order valence-electron chi connectivity index (χ4n) is 1.61. The second-order valence-electron chi connectivity index (χ2n) is 3.84. The highest BCUT2D eigenvalue weighted by Crippen LogP contribution is 2.26. The van der Waals surface area contributed by atoms with Crippen LogP contribution in [-0.4, -0.2) is 5.97 Å². The Labute approximate surface area is 105 Å². The van der Waals surface area contributed by atoms with Gasteiger partial charge < -0.3 is 4.74 Å². The van der Waals surface area contributed by atoms with Crippen LogP contribution in [0.3, 0.4) is 0 Å². The van der Waals surface area contributed by atoms with Crippen molar-refractivity contribution in [3.05, 3.63) is 54.3 Å². The Hall–Kier alpha value is -2.16. The first-order valence-corrected chi connectivity index (χ1v) is 5.76. The van der Waals surface area contributed by atoms with Crippen LogP contribution in [0.5, 0.6) is 5.75 Å². The summed E-state index contributed by atoms with van der Waals surface area (Å²) in [7, 11) is 0. The Bertz CT molecular complexity index is 550. The molecule has 0 aliphatic carbocycles. The lowest BCUT2D eigenvalue weighted by molar-refractivity contribution is -0.134. The number of halogens is 1. The van der Waals surface area contributed by atoms with Crippen molar-refractivity contribution in [1.82, 2.24) is 0 Å². The van der Waals surface area contributed by atoms with Crippen LogP contribution in [0.2, 0.25) is 0 Å². The Balaban J connectivity index is 2.28. The van der Waals surface area contributed by atoms with Gasteiger partial charge in [-0.25, -0.2) is 4.39 Å². The third-order valence-electron chi connectivity index (χ3n) is 2.55. The van der Waals surface area contributed by atoms with Crippen LogP contribution in [0, 0.1) is 5.82 Å². The Morgan fingerprint density at radius 2 is 1.89 bits per heavy atom. The summed E-state index contributed by atoms with van der Waals surface area (Å²) in [6.45, 7) is 1.69. The maximum Gasteiger partial charge on any atom is 0.310 e. The minimum Gasteiger partial charge on any atom is -0.426 e. The van der Waals surface area contributed by atoms with Gasteiger partial charge in [-0.15, -0.1) is 0 Å². The molecule has 0 aliphatic heterocycles. The minimum absolute atomic E-state index is 0.235. The van der Waals surface area contributed by atoms with Crippen LogP contribution in [0.4, 0.5) is 4.39 Å². The van der Waals surface area contributed by atoms with Gasteiger partial charge >= 0.3 is 5.97 Å². The molecule has 0 atom stereocenters. The van der Waals surface area contributed by atoms with Crippen LogP contribution >= 0.6 is 0 Å². The predicted octanol–water partition coefficient (Wildman–Crippen LogP) is 3.81. The van der Waals surface area contributed by atoms with Gasteiger partial charge in [0.05, 0.1) is 0 Å². The zero-order valence-corrected chi connectivity index (χ0v) is 10.0. The summed E-state index contributed by atoms with van der Waals surface area (Å²) in [4.78, 5) is 11.1. The van der Waals surface area contributed by atoms with Gasteiger partial charge in [0.25, 0.3) is 0 Å². The predicted molar refractivity (Wildman–Crippen MR) is 67.8 cm³/mol. The normalized spacial score (nSPS) is 10.1. The van der Waals surface area contributed by atoms with E-state index >= 15 is 0 Å². The molecule has 0 saturated carbocycles. The molecule has 2 nitrogen and oxygen atoms in total. The lowest BCUT2D eigenvalue weighted by Crippen LogP contribution is -2.05. The van der Waals surface area contributed by atoms with Crippen molar-refractivity contribution >= 4 is 5.97 Å². The molecule has 0 saturated heterocycles. The molecule has 92 valence electrons. The van der Waals surface area contributed by atoms with Crippen molar-refractivity contribution in [2.24, 2.45) is 0 Å².